The zero-order valence-corrected chi connectivity index (χ0v) is 16.3. The third-order valence-corrected chi connectivity index (χ3v) is 6.25. The first kappa shape index (κ1) is 18.6. The summed E-state index contributed by atoms with van der Waals surface area (Å²) in [7, 11) is -3.41. The molecule has 4 nitrogen and oxygen atoms in total. The van der Waals surface area contributed by atoms with E-state index in [-0.39, 0.29) is 10.7 Å². The molecule has 0 saturated carbocycles. The highest BCUT2D eigenvalue weighted by Gasteiger charge is 2.24. The van der Waals surface area contributed by atoms with E-state index in [1.165, 1.54) is 24.3 Å². The van der Waals surface area contributed by atoms with Crippen LogP contribution in [0.4, 0.5) is 4.39 Å². The molecule has 1 aliphatic carbocycles. The van der Waals surface area contributed by atoms with Gasteiger partial charge in [0.15, 0.2) is 15.6 Å². The lowest BCUT2D eigenvalue weighted by molar-refractivity contribution is 0.104. The summed E-state index contributed by atoms with van der Waals surface area (Å²) in [6, 6.07) is 10.2. The second-order valence-corrected chi connectivity index (χ2v) is 9.18. The Kier molecular flexibility index (Phi) is 4.67. The van der Waals surface area contributed by atoms with E-state index in [0.717, 1.165) is 43.2 Å². The van der Waals surface area contributed by atoms with Crippen molar-refractivity contribution in [3.8, 4) is 0 Å². The number of allylic oxidation sites excluding steroid dienone is 2. The number of carbonyl (C=O) groups is 1. The lowest BCUT2D eigenvalue weighted by Gasteiger charge is -2.13. The van der Waals surface area contributed by atoms with Gasteiger partial charge in [0, 0.05) is 22.7 Å². The highest BCUT2D eigenvalue weighted by atomic mass is 32.2. The Hall–Kier alpha value is -2.73. The molecule has 0 saturated heterocycles. The lowest BCUT2D eigenvalue weighted by Crippen LogP contribution is -2.06. The van der Waals surface area contributed by atoms with Crippen molar-refractivity contribution in [2.75, 3.05) is 6.26 Å². The van der Waals surface area contributed by atoms with Crippen molar-refractivity contribution in [2.24, 2.45) is 0 Å². The minimum Gasteiger partial charge on any atom is -0.354 e. The molecule has 0 amide bonds. The Morgan fingerprint density at radius 1 is 1.07 bits per heavy atom. The first-order valence-electron chi connectivity index (χ1n) is 9.20. The molecule has 28 heavy (non-hydrogen) atoms. The number of benzene rings is 2. The van der Waals surface area contributed by atoms with E-state index in [0.29, 0.717) is 22.0 Å². The van der Waals surface area contributed by atoms with Gasteiger partial charge in [-0.3, -0.25) is 4.79 Å². The summed E-state index contributed by atoms with van der Waals surface area (Å²) >= 11 is 0. The molecule has 2 aromatic carbocycles. The maximum absolute atomic E-state index is 13.3. The minimum absolute atomic E-state index is 0.163. The lowest BCUT2D eigenvalue weighted by atomic mass is 9.92. The van der Waals surface area contributed by atoms with Gasteiger partial charge >= 0.3 is 0 Å². The standard InChI is InChI=1S/C22H20FNO3S/c1-28(26,27)17-11-12-19-18(13-17)20(21(24-19)14-5-3-2-4-6-14)22(25)15-7-9-16(23)10-8-15/h5,7-13,24H,2-4,6H2,1H3. The van der Waals surface area contributed by atoms with Gasteiger partial charge in [-0.15, -0.1) is 0 Å². The third kappa shape index (κ3) is 3.40. The average Bonchev–Trinajstić information content (AvgIpc) is 3.07. The zero-order valence-electron chi connectivity index (χ0n) is 15.5. The fraction of sp³-hybridized carbons (Fsp3) is 0.227. The van der Waals surface area contributed by atoms with E-state index in [2.05, 4.69) is 11.1 Å². The monoisotopic (exact) mass is 397 g/mol. The van der Waals surface area contributed by atoms with E-state index in [1.54, 1.807) is 18.2 Å². The van der Waals surface area contributed by atoms with Crippen LogP contribution in [0, 0.1) is 5.82 Å². The molecule has 0 aliphatic heterocycles. The molecule has 1 aliphatic rings. The van der Waals surface area contributed by atoms with Crippen molar-refractivity contribution in [3.05, 3.63) is 71.2 Å². The number of carbonyl (C=O) groups excluding carboxylic acids is 1. The molecule has 144 valence electrons. The predicted octanol–water partition coefficient (Wildman–Crippen LogP) is 4.90. The third-order valence-electron chi connectivity index (χ3n) is 5.14. The summed E-state index contributed by atoms with van der Waals surface area (Å²) in [5.41, 5.74) is 3.31. The molecule has 4 rings (SSSR count). The largest absolute Gasteiger partial charge is 0.354 e. The summed E-state index contributed by atoms with van der Waals surface area (Å²) in [6.45, 7) is 0. The van der Waals surface area contributed by atoms with Gasteiger partial charge in [0.25, 0.3) is 0 Å². The molecule has 1 heterocycles. The van der Waals surface area contributed by atoms with Crippen molar-refractivity contribution in [1.29, 1.82) is 0 Å². The van der Waals surface area contributed by atoms with Crippen LogP contribution in [0.15, 0.2) is 53.4 Å². The summed E-state index contributed by atoms with van der Waals surface area (Å²) in [4.78, 5) is 16.8. The first-order chi connectivity index (χ1) is 13.3. The van der Waals surface area contributed by atoms with Crippen LogP contribution in [-0.2, 0) is 9.84 Å². The Balaban J connectivity index is 1.97. The van der Waals surface area contributed by atoms with E-state index >= 15 is 0 Å². The van der Waals surface area contributed by atoms with Gasteiger partial charge in [-0.25, -0.2) is 12.8 Å². The van der Waals surface area contributed by atoms with Crippen LogP contribution in [0.3, 0.4) is 0 Å². The second kappa shape index (κ2) is 7.02. The van der Waals surface area contributed by atoms with Gasteiger partial charge in [-0.1, -0.05) is 6.08 Å². The van der Waals surface area contributed by atoms with Gasteiger partial charge in [0.1, 0.15) is 5.82 Å². The fourth-order valence-electron chi connectivity index (χ4n) is 3.69. The highest BCUT2D eigenvalue weighted by molar-refractivity contribution is 7.90. The Labute approximate surface area is 163 Å². The van der Waals surface area contributed by atoms with Crippen molar-refractivity contribution >= 4 is 32.1 Å². The Morgan fingerprint density at radius 2 is 1.82 bits per heavy atom. The van der Waals surface area contributed by atoms with Gasteiger partial charge in [-0.2, -0.15) is 0 Å². The number of H-pyrrole nitrogens is 1. The maximum Gasteiger partial charge on any atom is 0.195 e. The van der Waals surface area contributed by atoms with E-state index in [1.807, 2.05) is 0 Å². The van der Waals surface area contributed by atoms with Crippen molar-refractivity contribution in [1.82, 2.24) is 4.98 Å². The van der Waals surface area contributed by atoms with Gasteiger partial charge in [0.05, 0.1) is 16.2 Å². The maximum atomic E-state index is 13.3. The normalized spacial score (nSPS) is 14.9. The molecule has 0 fully saturated rings. The number of aromatic nitrogens is 1. The molecule has 1 aromatic heterocycles. The quantitative estimate of drug-likeness (QED) is 0.637. The molecule has 0 radical (unpaired) electrons. The number of nitrogens with one attached hydrogen (secondary N) is 1. The van der Waals surface area contributed by atoms with E-state index in [4.69, 9.17) is 0 Å². The molecule has 0 unspecified atom stereocenters. The number of sulfone groups is 1. The molecule has 0 atom stereocenters. The smallest absolute Gasteiger partial charge is 0.195 e. The second-order valence-electron chi connectivity index (χ2n) is 7.17. The van der Waals surface area contributed by atoms with Crippen LogP contribution in [-0.4, -0.2) is 25.4 Å². The summed E-state index contributed by atoms with van der Waals surface area (Å²) in [6.07, 6.45) is 7.24. The van der Waals surface area contributed by atoms with Crippen LogP contribution in [0.2, 0.25) is 0 Å². The van der Waals surface area contributed by atoms with Crippen molar-refractivity contribution in [2.45, 2.75) is 30.6 Å². The summed E-state index contributed by atoms with van der Waals surface area (Å²) in [5.74, 6) is -0.663. The molecule has 0 spiro atoms. The molecule has 0 bridgehead atoms. The van der Waals surface area contributed by atoms with Gasteiger partial charge in [-0.05, 0) is 73.7 Å². The Bertz CT molecular complexity index is 1200. The number of hydrogen-bond acceptors (Lipinski definition) is 3. The SMILES string of the molecule is CS(=O)(=O)c1ccc2[nH]c(C3=CCCCC3)c(C(=O)c3ccc(F)cc3)c2c1. The molecule has 3 aromatic rings. The summed E-state index contributed by atoms with van der Waals surface area (Å²) in [5, 5.41) is 0.568. The van der Waals surface area contributed by atoms with E-state index in [9.17, 15) is 17.6 Å². The first-order valence-corrected chi connectivity index (χ1v) is 11.1. The predicted molar refractivity (Wildman–Crippen MR) is 108 cm³/mol. The number of ketones is 1. The molecular weight excluding hydrogens is 377 g/mol. The van der Waals surface area contributed by atoms with Crippen LogP contribution in [0.1, 0.15) is 47.3 Å². The molecule has 6 heteroatoms. The Morgan fingerprint density at radius 3 is 2.46 bits per heavy atom. The molecule has 1 N–H and O–H groups in total. The van der Waals surface area contributed by atoms with Crippen molar-refractivity contribution < 1.29 is 17.6 Å². The van der Waals surface area contributed by atoms with Gasteiger partial charge in [0.2, 0.25) is 0 Å². The van der Waals surface area contributed by atoms with Crippen LogP contribution in [0.25, 0.3) is 16.5 Å². The number of fused-ring (bicyclic) bond motifs is 1. The zero-order chi connectivity index (χ0) is 19.9. The van der Waals surface area contributed by atoms with Gasteiger partial charge < -0.3 is 4.98 Å². The average molecular weight is 397 g/mol. The van der Waals surface area contributed by atoms with Crippen LogP contribution >= 0.6 is 0 Å². The minimum atomic E-state index is -3.41. The number of aromatic amines is 1. The number of rotatable bonds is 4. The molecular formula is C22H20FNO3S. The topological polar surface area (TPSA) is 67.0 Å². The number of halogens is 1. The van der Waals surface area contributed by atoms with Crippen molar-refractivity contribution in [3.63, 3.8) is 0 Å². The highest BCUT2D eigenvalue weighted by Crippen LogP contribution is 2.35. The fourth-order valence-corrected chi connectivity index (χ4v) is 4.34. The van der Waals surface area contributed by atoms with E-state index < -0.39 is 15.7 Å². The number of hydrogen-bond donors (Lipinski definition) is 1. The van der Waals surface area contributed by atoms with Crippen LogP contribution < -0.4 is 0 Å². The van der Waals surface area contributed by atoms with Crippen LogP contribution in [0.5, 0.6) is 0 Å². The summed E-state index contributed by atoms with van der Waals surface area (Å²) < 4.78 is 37.4.